The summed E-state index contributed by atoms with van der Waals surface area (Å²) in [4.78, 5) is 55.8. The average molecular weight is 662 g/mol. The van der Waals surface area contributed by atoms with Gasteiger partial charge in [-0.1, -0.05) is 42.8 Å². The predicted octanol–water partition coefficient (Wildman–Crippen LogP) is 4.04. The molecule has 1 saturated carbocycles. The first kappa shape index (κ1) is 32.4. The van der Waals surface area contributed by atoms with Gasteiger partial charge in [0.25, 0.3) is 0 Å². The topological polar surface area (TPSA) is 156 Å². The molecule has 0 spiro atoms. The van der Waals surface area contributed by atoms with E-state index in [1.54, 1.807) is 41.5 Å². The van der Waals surface area contributed by atoms with Crippen LogP contribution in [0.3, 0.4) is 0 Å². The van der Waals surface area contributed by atoms with Gasteiger partial charge in [-0.05, 0) is 63.6 Å². The van der Waals surface area contributed by atoms with Crippen molar-refractivity contribution in [3.8, 4) is 0 Å². The standard InChI is InChI=1S/C30H41BrN6O6/c1-10-17-13-30(17,26(40)41)33-24(38)21-11-18(37-34-20-12-19(31)15(2)16(3)22(20)35-37)14-36(21)25(39)23(28(4,5)6)32-27(42)43-29(7,8)9/h10,12,17-18,21,23H,1,11,13-14H2,2-9H3,(H,32,42)(H,33,38)(H,40,41). The van der Waals surface area contributed by atoms with Crippen LogP contribution >= 0.6 is 15.9 Å². The smallest absolute Gasteiger partial charge is 0.408 e. The lowest BCUT2D eigenvalue weighted by Crippen LogP contribution is -2.59. The van der Waals surface area contributed by atoms with E-state index in [9.17, 15) is 24.3 Å². The van der Waals surface area contributed by atoms with Crippen molar-refractivity contribution in [1.29, 1.82) is 0 Å². The number of alkyl carbamates (subject to hydrolysis) is 1. The predicted molar refractivity (Wildman–Crippen MR) is 163 cm³/mol. The molecule has 4 rings (SSSR count). The van der Waals surface area contributed by atoms with Gasteiger partial charge in [0.05, 0.1) is 6.04 Å². The number of hydrogen-bond donors (Lipinski definition) is 3. The number of carboxylic acids is 1. The normalized spacial score (nSPS) is 24.4. The van der Waals surface area contributed by atoms with Crippen molar-refractivity contribution in [2.45, 2.75) is 97.5 Å². The number of ether oxygens (including phenoxy) is 1. The van der Waals surface area contributed by atoms with Crippen LogP contribution in [0, 0.1) is 25.2 Å². The molecular weight excluding hydrogens is 620 g/mol. The van der Waals surface area contributed by atoms with Crippen LogP contribution in [0.25, 0.3) is 11.0 Å². The highest BCUT2D eigenvalue weighted by atomic mass is 79.9. The summed E-state index contributed by atoms with van der Waals surface area (Å²) < 4.78 is 6.32. The van der Waals surface area contributed by atoms with Crippen molar-refractivity contribution in [2.24, 2.45) is 11.3 Å². The Morgan fingerprint density at radius 3 is 2.35 bits per heavy atom. The molecule has 1 saturated heterocycles. The van der Waals surface area contributed by atoms with E-state index < -0.39 is 64.5 Å². The van der Waals surface area contributed by atoms with Crippen molar-refractivity contribution in [3.63, 3.8) is 0 Å². The third-order valence-corrected chi connectivity index (χ3v) is 9.01. The van der Waals surface area contributed by atoms with E-state index in [2.05, 4.69) is 38.2 Å². The highest BCUT2D eigenvalue weighted by Gasteiger charge is 2.61. The molecule has 234 valence electrons. The van der Waals surface area contributed by atoms with Gasteiger partial charge < -0.3 is 25.4 Å². The molecule has 2 aromatic rings. The highest BCUT2D eigenvalue weighted by Crippen LogP contribution is 2.45. The van der Waals surface area contributed by atoms with Crippen molar-refractivity contribution in [1.82, 2.24) is 30.5 Å². The van der Waals surface area contributed by atoms with E-state index in [0.717, 1.165) is 15.6 Å². The molecule has 5 unspecified atom stereocenters. The first-order chi connectivity index (χ1) is 19.8. The van der Waals surface area contributed by atoms with Crippen LogP contribution in [-0.4, -0.2) is 78.6 Å². The summed E-state index contributed by atoms with van der Waals surface area (Å²) in [6.07, 6.45) is 1.11. The number of aliphatic carboxylic acids is 1. The zero-order chi connectivity index (χ0) is 32.2. The van der Waals surface area contributed by atoms with Gasteiger partial charge in [-0.25, -0.2) is 9.59 Å². The third-order valence-electron chi connectivity index (χ3n) is 8.19. The van der Waals surface area contributed by atoms with E-state index in [-0.39, 0.29) is 19.4 Å². The van der Waals surface area contributed by atoms with Gasteiger partial charge >= 0.3 is 12.1 Å². The number of amides is 3. The molecule has 3 amide bonds. The maximum atomic E-state index is 14.2. The van der Waals surface area contributed by atoms with E-state index in [4.69, 9.17) is 9.84 Å². The Morgan fingerprint density at radius 1 is 1.16 bits per heavy atom. The minimum Gasteiger partial charge on any atom is -0.479 e. The van der Waals surface area contributed by atoms with E-state index in [1.807, 2.05) is 19.9 Å². The second kappa shape index (κ2) is 11.2. The summed E-state index contributed by atoms with van der Waals surface area (Å²) in [6.45, 7) is 18.3. The van der Waals surface area contributed by atoms with Crippen LogP contribution in [-0.2, 0) is 19.1 Å². The summed E-state index contributed by atoms with van der Waals surface area (Å²) >= 11 is 3.56. The molecule has 1 aliphatic heterocycles. The number of fused-ring (bicyclic) bond motifs is 1. The molecular formula is C30H41BrN6O6. The molecule has 1 aromatic carbocycles. The fraction of sp³-hybridized carbons (Fsp3) is 0.600. The van der Waals surface area contributed by atoms with E-state index in [0.29, 0.717) is 11.0 Å². The zero-order valence-electron chi connectivity index (χ0n) is 25.9. The number of carbonyl (C=O) groups excluding carboxylic acids is 3. The van der Waals surface area contributed by atoms with Gasteiger partial charge in [-0.15, -0.1) is 6.58 Å². The number of nitrogens with one attached hydrogen (secondary N) is 2. The van der Waals surface area contributed by atoms with Crippen LogP contribution in [0.5, 0.6) is 0 Å². The number of benzene rings is 1. The number of aryl methyl sites for hydroxylation is 1. The maximum absolute atomic E-state index is 14.2. The fourth-order valence-corrected chi connectivity index (χ4v) is 5.99. The largest absolute Gasteiger partial charge is 0.479 e. The lowest BCUT2D eigenvalue weighted by Gasteiger charge is -2.36. The maximum Gasteiger partial charge on any atom is 0.408 e. The Kier molecular flexibility index (Phi) is 8.46. The minimum atomic E-state index is -1.47. The van der Waals surface area contributed by atoms with Crippen LogP contribution in [0.15, 0.2) is 23.2 Å². The minimum absolute atomic E-state index is 0.0741. The molecule has 12 nitrogen and oxygen atoms in total. The van der Waals surface area contributed by atoms with Crippen LogP contribution in [0.2, 0.25) is 0 Å². The highest BCUT2D eigenvalue weighted by molar-refractivity contribution is 9.10. The number of aromatic nitrogens is 3. The van der Waals surface area contributed by atoms with Crippen molar-refractivity contribution < 1.29 is 29.0 Å². The molecule has 3 N–H and O–H groups in total. The SMILES string of the molecule is C=CC1CC1(NC(=O)C1CC(n2nc3cc(Br)c(C)c(C)c3n2)CN1C(=O)C(NC(=O)OC(C)(C)C)C(C)(C)C)C(=O)O. The molecule has 2 aliphatic rings. The Balaban J connectivity index is 1.70. The van der Waals surface area contributed by atoms with Crippen molar-refractivity contribution in [2.75, 3.05) is 6.54 Å². The number of hydrogen-bond acceptors (Lipinski definition) is 7. The van der Waals surface area contributed by atoms with Gasteiger partial charge in [0.15, 0.2) is 0 Å². The van der Waals surface area contributed by atoms with Gasteiger partial charge in [-0.2, -0.15) is 15.0 Å². The van der Waals surface area contributed by atoms with Gasteiger partial charge in [0.1, 0.15) is 34.3 Å². The number of carboxylic acid groups (broad SMARTS) is 1. The molecule has 1 aliphatic carbocycles. The molecule has 5 atom stereocenters. The van der Waals surface area contributed by atoms with E-state index >= 15 is 0 Å². The number of rotatable bonds is 7. The first-order valence-electron chi connectivity index (χ1n) is 14.3. The summed E-state index contributed by atoms with van der Waals surface area (Å²) in [5.41, 5.74) is 0.355. The van der Waals surface area contributed by atoms with Crippen LogP contribution in [0.4, 0.5) is 4.79 Å². The quantitative estimate of drug-likeness (QED) is 0.376. The second-order valence-electron chi connectivity index (χ2n) is 13.6. The zero-order valence-corrected chi connectivity index (χ0v) is 27.5. The number of carbonyl (C=O) groups is 4. The molecule has 2 heterocycles. The van der Waals surface area contributed by atoms with Crippen molar-refractivity contribution >= 4 is 50.8 Å². The lowest BCUT2D eigenvalue weighted by atomic mass is 9.85. The molecule has 43 heavy (non-hydrogen) atoms. The Labute approximate surface area is 259 Å². The number of nitrogens with zero attached hydrogens (tertiary/aromatic N) is 4. The summed E-state index contributed by atoms with van der Waals surface area (Å²) in [6, 6.07) is -0.684. The van der Waals surface area contributed by atoms with Gasteiger partial charge in [0.2, 0.25) is 11.8 Å². The first-order valence-corrected chi connectivity index (χ1v) is 15.1. The lowest BCUT2D eigenvalue weighted by molar-refractivity contribution is -0.146. The monoisotopic (exact) mass is 660 g/mol. The molecule has 1 aromatic heterocycles. The number of halogens is 1. The second-order valence-corrected chi connectivity index (χ2v) is 14.5. The third kappa shape index (κ3) is 6.41. The van der Waals surface area contributed by atoms with Crippen LogP contribution < -0.4 is 10.6 Å². The molecule has 13 heteroatoms. The van der Waals surface area contributed by atoms with E-state index in [1.165, 1.54) is 15.8 Å². The van der Waals surface area contributed by atoms with Gasteiger partial charge in [-0.3, -0.25) is 9.59 Å². The molecule has 2 fully saturated rings. The Bertz CT molecular complexity index is 1490. The summed E-state index contributed by atoms with van der Waals surface area (Å²) in [5.74, 6) is -2.67. The summed E-state index contributed by atoms with van der Waals surface area (Å²) in [7, 11) is 0. The van der Waals surface area contributed by atoms with Crippen molar-refractivity contribution in [3.05, 3.63) is 34.3 Å². The molecule has 0 radical (unpaired) electrons. The summed E-state index contributed by atoms with van der Waals surface area (Å²) in [5, 5.41) is 24.7. The number of likely N-dealkylation sites (tertiary alicyclic amines) is 1. The Morgan fingerprint density at radius 2 is 1.81 bits per heavy atom. The van der Waals surface area contributed by atoms with Gasteiger partial charge in [0, 0.05) is 23.4 Å². The fourth-order valence-electron chi connectivity index (χ4n) is 5.48. The average Bonchev–Trinajstić information content (AvgIpc) is 3.19. The Hall–Kier alpha value is -3.48. The molecule has 0 bridgehead atoms. The van der Waals surface area contributed by atoms with Crippen LogP contribution in [0.1, 0.15) is 71.6 Å².